The van der Waals surface area contributed by atoms with Crippen molar-refractivity contribution in [3.05, 3.63) is 47.5 Å². The van der Waals surface area contributed by atoms with Crippen LogP contribution in [-0.4, -0.2) is 16.1 Å². The van der Waals surface area contributed by atoms with Gasteiger partial charge in [-0.25, -0.2) is 4.98 Å². The van der Waals surface area contributed by atoms with Gasteiger partial charge in [0.25, 0.3) is 0 Å². The number of nitrogens with zero attached hydrogens (tertiary/aromatic N) is 2. The van der Waals surface area contributed by atoms with Crippen LogP contribution in [0, 0.1) is 13.8 Å². The van der Waals surface area contributed by atoms with Gasteiger partial charge in [0.05, 0.1) is 5.69 Å². The van der Waals surface area contributed by atoms with Gasteiger partial charge in [0, 0.05) is 41.1 Å². The van der Waals surface area contributed by atoms with Crippen LogP contribution in [0.5, 0.6) is 0 Å². The van der Waals surface area contributed by atoms with E-state index in [1.54, 1.807) is 11.3 Å². The highest BCUT2D eigenvalue weighted by Gasteiger charge is 2.16. The van der Waals surface area contributed by atoms with Crippen molar-refractivity contribution >= 4 is 27.4 Å². The molecule has 0 atom stereocenters. The van der Waals surface area contributed by atoms with Gasteiger partial charge in [0.15, 0.2) is 5.13 Å². The zero-order valence-electron chi connectivity index (χ0n) is 12.6. The first-order valence-electron chi connectivity index (χ1n) is 6.98. The van der Waals surface area contributed by atoms with Crippen molar-refractivity contribution in [1.82, 2.24) is 9.55 Å². The first kappa shape index (κ1) is 13.9. The molecule has 0 fully saturated rings. The summed E-state index contributed by atoms with van der Waals surface area (Å²) >= 11 is 1.64. The fraction of sp³-hybridized carbons (Fsp3) is 0.235. The van der Waals surface area contributed by atoms with Gasteiger partial charge >= 0.3 is 0 Å². The summed E-state index contributed by atoms with van der Waals surface area (Å²) in [6.45, 7) is 8.74. The molecule has 21 heavy (non-hydrogen) atoms. The summed E-state index contributed by atoms with van der Waals surface area (Å²) in [7, 11) is 2.11. The summed E-state index contributed by atoms with van der Waals surface area (Å²) < 4.78 is 2.24. The van der Waals surface area contributed by atoms with Crippen LogP contribution in [0.2, 0.25) is 0 Å². The van der Waals surface area contributed by atoms with Gasteiger partial charge in [-0.05, 0) is 26.0 Å². The summed E-state index contributed by atoms with van der Waals surface area (Å²) in [5.41, 5.74) is 6.05. The molecule has 108 valence electrons. The molecule has 0 aliphatic rings. The number of thiazole rings is 1. The third kappa shape index (κ3) is 2.36. The van der Waals surface area contributed by atoms with E-state index < -0.39 is 0 Å². The Morgan fingerprint density at radius 2 is 2.19 bits per heavy atom. The molecule has 3 aromatic rings. The quantitative estimate of drug-likeness (QED) is 0.718. The minimum Gasteiger partial charge on any atom is -0.358 e. The highest BCUT2D eigenvalue weighted by Crippen LogP contribution is 2.35. The van der Waals surface area contributed by atoms with Crippen molar-refractivity contribution in [3.63, 3.8) is 0 Å². The molecule has 0 saturated heterocycles. The second kappa shape index (κ2) is 5.37. The minimum atomic E-state index is 0.737. The summed E-state index contributed by atoms with van der Waals surface area (Å²) in [5.74, 6) is 0. The summed E-state index contributed by atoms with van der Waals surface area (Å²) in [5, 5.41) is 7.59. The average Bonchev–Trinajstić information content (AvgIpc) is 3.01. The van der Waals surface area contributed by atoms with E-state index in [1.165, 1.54) is 27.7 Å². The van der Waals surface area contributed by atoms with E-state index in [0.29, 0.717) is 0 Å². The molecule has 4 heteroatoms. The number of fused-ring (bicyclic) bond motifs is 1. The van der Waals surface area contributed by atoms with Crippen LogP contribution in [0.4, 0.5) is 5.13 Å². The zero-order valence-corrected chi connectivity index (χ0v) is 13.4. The van der Waals surface area contributed by atoms with Crippen molar-refractivity contribution < 1.29 is 0 Å². The lowest BCUT2D eigenvalue weighted by Gasteiger charge is -1.99. The van der Waals surface area contributed by atoms with Crippen molar-refractivity contribution in [1.29, 1.82) is 0 Å². The first-order valence-corrected chi connectivity index (χ1v) is 7.86. The number of benzene rings is 1. The Morgan fingerprint density at radius 3 is 2.95 bits per heavy atom. The standard InChI is InChI=1S/C17H19N3S/c1-5-8-18-17-19-14(10-21-17)16-12(3)20(4)15-7-6-11(2)9-13(15)16/h5-7,9-10H,1,8H2,2-4H3,(H,18,19). The zero-order chi connectivity index (χ0) is 15.0. The maximum absolute atomic E-state index is 4.72. The Balaban J connectivity index is 2.15. The van der Waals surface area contributed by atoms with E-state index >= 15 is 0 Å². The van der Waals surface area contributed by atoms with Gasteiger partial charge in [0.1, 0.15) is 0 Å². The van der Waals surface area contributed by atoms with Gasteiger partial charge in [-0.1, -0.05) is 17.7 Å². The molecule has 2 heterocycles. The second-order valence-electron chi connectivity index (χ2n) is 5.25. The van der Waals surface area contributed by atoms with E-state index in [9.17, 15) is 0 Å². The van der Waals surface area contributed by atoms with Gasteiger partial charge < -0.3 is 9.88 Å². The van der Waals surface area contributed by atoms with Crippen molar-refractivity contribution in [2.45, 2.75) is 13.8 Å². The smallest absolute Gasteiger partial charge is 0.183 e. The number of hydrogen-bond acceptors (Lipinski definition) is 3. The molecular weight excluding hydrogens is 278 g/mol. The van der Waals surface area contributed by atoms with Crippen LogP contribution in [0.1, 0.15) is 11.3 Å². The van der Waals surface area contributed by atoms with E-state index in [4.69, 9.17) is 4.98 Å². The Labute approximate surface area is 128 Å². The molecule has 0 aliphatic carbocycles. The molecular formula is C17H19N3S. The van der Waals surface area contributed by atoms with Gasteiger partial charge in [0.2, 0.25) is 0 Å². The number of hydrogen-bond donors (Lipinski definition) is 1. The van der Waals surface area contributed by atoms with Crippen LogP contribution in [0.25, 0.3) is 22.2 Å². The Kier molecular flexibility index (Phi) is 3.55. The van der Waals surface area contributed by atoms with Gasteiger partial charge in [-0.15, -0.1) is 17.9 Å². The largest absolute Gasteiger partial charge is 0.358 e. The van der Waals surface area contributed by atoms with Crippen LogP contribution >= 0.6 is 11.3 Å². The summed E-state index contributed by atoms with van der Waals surface area (Å²) in [4.78, 5) is 4.72. The SMILES string of the molecule is C=CCNc1nc(-c2c(C)n(C)c3ccc(C)cc23)cs1. The molecule has 0 unspecified atom stereocenters. The summed E-state index contributed by atoms with van der Waals surface area (Å²) in [6.07, 6.45) is 1.84. The van der Waals surface area contributed by atoms with Crippen molar-refractivity contribution in [3.8, 4) is 11.3 Å². The molecule has 1 N–H and O–H groups in total. The average molecular weight is 297 g/mol. The molecule has 3 nitrogen and oxygen atoms in total. The second-order valence-corrected chi connectivity index (χ2v) is 6.11. The first-order chi connectivity index (χ1) is 10.1. The minimum absolute atomic E-state index is 0.737. The van der Waals surface area contributed by atoms with E-state index in [0.717, 1.165) is 17.4 Å². The molecule has 0 saturated carbocycles. The Bertz CT molecular complexity index is 811. The predicted octanol–water partition coefficient (Wildman–Crippen LogP) is 4.52. The summed E-state index contributed by atoms with van der Waals surface area (Å²) in [6, 6.07) is 6.59. The van der Waals surface area contributed by atoms with E-state index in [2.05, 4.69) is 60.9 Å². The fourth-order valence-corrected chi connectivity index (χ4v) is 3.35. The monoisotopic (exact) mass is 297 g/mol. The molecule has 0 radical (unpaired) electrons. The molecule has 0 bridgehead atoms. The number of aromatic nitrogens is 2. The topological polar surface area (TPSA) is 29.9 Å². The molecule has 0 amide bonds. The van der Waals surface area contributed by atoms with Crippen LogP contribution < -0.4 is 5.32 Å². The maximum Gasteiger partial charge on any atom is 0.183 e. The number of anilines is 1. The molecule has 0 spiro atoms. The number of rotatable bonds is 4. The van der Waals surface area contributed by atoms with Crippen LogP contribution in [-0.2, 0) is 7.05 Å². The van der Waals surface area contributed by atoms with E-state index in [1.807, 2.05) is 6.08 Å². The Morgan fingerprint density at radius 1 is 1.38 bits per heavy atom. The van der Waals surface area contributed by atoms with Crippen molar-refractivity contribution in [2.75, 3.05) is 11.9 Å². The lowest BCUT2D eigenvalue weighted by atomic mass is 10.1. The lowest BCUT2D eigenvalue weighted by Crippen LogP contribution is -1.96. The highest BCUT2D eigenvalue weighted by molar-refractivity contribution is 7.14. The Hall–Kier alpha value is -2.07. The number of aryl methyl sites for hydroxylation is 2. The molecule has 1 aromatic carbocycles. The maximum atomic E-state index is 4.72. The lowest BCUT2D eigenvalue weighted by molar-refractivity contribution is 0.919. The third-order valence-electron chi connectivity index (χ3n) is 3.81. The third-order valence-corrected chi connectivity index (χ3v) is 4.61. The van der Waals surface area contributed by atoms with Gasteiger partial charge in [-0.3, -0.25) is 0 Å². The molecule has 2 aromatic heterocycles. The molecule has 3 rings (SSSR count). The fourth-order valence-electron chi connectivity index (χ4n) is 2.64. The number of nitrogens with one attached hydrogen (secondary N) is 1. The van der Waals surface area contributed by atoms with Crippen molar-refractivity contribution in [2.24, 2.45) is 7.05 Å². The molecule has 0 aliphatic heterocycles. The van der Waals surface area contributed by atoms with Crippen LogP contribution in [0.3, 0.4) is 0 Å². The van der Waals surface area contributed by atoms with Gasteiger partial charge in [-0.2, -0.15) is 0 Å². The van der Waals surface area contributed by atoms with E-state index in [-0.39, 0.29) is 0 Å². The highest BCUT2D eigenvalue weighted by atomic mass is 32.1. The normalized spacial score (nSPS) is 11.0. The van der Waals surface area contributed by atoms with Crippen LogP contribution in [0.15, 0.2) is 36.2 Å². The predicted molar refractivity (Wildman–Crippen MR) is 92.2 cm³/mol.